The molecule has 1 heteroatoms. The smallest absolute Gasteiger partial charge is 0.0389 e. The Balaban J connectivity index is 0.000000686. The van der Waals surface area contributed by atoms with E-state index < -0.39 is 0 Å². The molecule has 0 aliphatic heterocycles. The zero-order chi connectivity index (χ0) is 12.7. The first-order valence-electron chi connectivity index (χ1n) is 6.14. The van der Waals surface area contributed by atoms with Crippen molar-refractivity contribution in [3.8, 4) is 0 Å². The molecule has 2 rings (SSSR count). The van der Waals surface area contributed by atoms with E-state index in [9.17, 15) is 0 Å². The number of hydrogen-bond acceptors (Lipinski definition) is 1. The van der Waals surface area contributed by atoms with E-state index in [1.54, 1.807) is 0 Å². The Bertz CT molecular complexity index is 426. The van der Waals surface area contributed by atoms with E-state index in [4.69, 9.17) is 0 Å². The van der Waals surface area contributed by atoms with Gasteiger partial charge in [-0.15, -0.1) is 0 Å². The van der Waals surface area contributed by atoms with E-state index in [1.807, 2.05) is 32.0 Å². The van der Waals surface area contributed by atoms with Crippen LogP contribution >= 0.6 is 0 Å². The maximum Gasteiger partial charge on any atom is 0.0389 e. The molecule has 0 saturated carbocycles. The lowest BCUT2D eigenvalue weighted by molar-refractivity contribution is 1.37. The normalized spacial score (nSPS) is 9.18. The van der Waals surface area contributed by atoms with Gasteiger partial charge in [-0.05, 0) is 49.2 Å². The van der Waals surface area contributed by atoms with Gasteiger partial charge in [-0.25, -0.2) is 0 Å². The van der Waals surface area contributed by atoms with Crippen LogP contribution in [-0.4, -0.2) is 0 Å². The third kappa shape index (κ3) is 4.31. The van der Waals surface area contributed by atoms with Gasteiger partial charge in [0.1, 0.15) is 0 Å². The molecule has 0 heterocycles. The van der Waals surface area contributed by atoms with Crippen LogP contribution in [0.25, 0.3) is 0 Å². The highest BCUT2D eigenvalue weighted by Gasteiger charge is 1.95. The van der Waals surface area contributed by atoms with Crippen LogP contribution in [0.5, 0.6) is 0 Å². The summed E-state index contributed by atoms with van der Waals surface area (Å²) in [5.74, 6) is 0. The molecule has 0 spiro atoms. The summed E-state index contributed by atoms with van der Waals surface area (Å²) in [7, 11) is 0. The first kappa shape index (κ1) is 13.3. The molecule has 0 radical (unpaired) electrons. The summed E-state index contributed by atoms with van der Waals surface area (Å²) >= 11 is 0. The second-order valence-electron chi connectivity index (χ2n) is 3.87. The number of aryl methyl sites for hydroxylation is 2. The van der Waals surface area contributed by atoms with Gasteiger partial charge in [-0.1, -0.05) is 38.1 Å². The average molecular weight is 227 g/mol. The molecule has 0 unspecified atom stereocenters. The first-order valence-corrected chi connectivity index (χ1v) is 6.14. The molecule has 0 fully saturated rings. The Morgan fingerprint density at radius 2 is 1.24 bits per heavy atom. The molecular formula is C16H21N. The highest BCUT2D eigenvalue weighted by atomic mass is 14.9. The fourth-order valence-electron chi connectivity index (χ4n) is 1.74. The van der Waals surface area contributed by atoms with Gasteiger partial charge in [0.05, 0.1) is 0 Å². The van der Waals surface area contributed by atoms with Crippen molar-refractivity contribution in [3.63, 3.8) is 0 Å². The zero-order valence-electron chi connectivity index (χ0n) is 11.1. The summed E-state index contributed by atoms with van der Waals surface area (Å²) in [5.41, 5.74) is 4.85. The maximum absolute atomic E-state index is 3.39. The molecule has 0 bridgehead atoms. The molecule has 0 atom stereocenters. The molecule has 0 aromatic heterocycles. The van der Waals surface area contributed by atoms with Gasteiger partial charge in [-0.2, -0.15) is 0 Å². The summed E-state index contributed by atoms with van der Waals surface area (Å²) in [4.78, 5) is 0. The van der Waals surface area contributed by atoms with Crippen molar-refractivity contribution in [2.24, 2.45) is 0 Å². The fourth-order valence-corrected chi connectivity index (χ4v) is 1.74. The highest BCUT2D eigenvalue weighted by Crippen LogP contribution is 2.18. The summed E-state index contributed by atoms with van der Waals surface area (Å²) in [6.07, 6.45) is 0. The molecule has 0 amide bonds. The molecule has 1 N–H and O–H groups in total. The number of anilines is 2. The molecule has 0 aliphatic rings. The van der Waals surface area contributed by atoms with Crippen LogP contribution in [0.1, 0.15) is 25.0 Å². The highest BCUT2D eigenvalue weighted by molar-refractivity contribution is 5.60. The van der Waals surface area contributed by atoms with Gasteiger partial charge in [-0.3, -0.25) is 0 Å². The van der Waals surface area contributed by atoms with Crippen molar-refractivity contribution in [1.82, 2.24) is 0 Å². The minimum Gasteiger partial charge on any atom is -0.356 e. The third-order valence-corrected chi connectivity index (χ3v) is 2.28. The van der Waals surface area contributed by atoms with E-state index in [0.717, 1.165) is 11.4 Å². The van der Waals surface area contributed by atoms with E-state index in [2.05, 4.69) is 49.5 Å². The zero-order valence-corrected chi connectivity index (χ0v) is 11.1. The van der Waals surface area contributed by atoms with Crippen molar-refractivity contribution < 1.29 is 0 Å². The molecular weight excluding hydrogens is 206 g/mol. The van der Waals surface area contributed by atoms with Crippen molar-refractivity contribution in [2.45, 2.75) is 27.7 Å². The Morgan fingerprint density at radius 3 is 1.76 bits per heavy atom. The Morgan fingerprint density at radius 1 is 0.706 bits per heavy atom. The van der Waals surface area contributed by atoms with Gasteiger partial charge in [0.25, 0.3) is 0 Å². The lowest BCUT2D eigenvalue weighted by Gasteiger charge is -2.08. The van der Waals surface area contributed by atoms with Crippen LogP contribution in [0.4, 0.5) is 11.4 Å². The van der Waals surface area contributed by atoms with Crippen LogP contribution < -0.4 is 5.32 Å². The van der Waals surface area contributed by atoms with Gasteiger partial charge in [0, 0.05) is 11.4 Å². The van der Waals surface area contributed by atoms with Crippen molar-refractivity contribution in [3.05, 3.63) is 59.7 Å². The van der Waals surface area contributed by atoms with E-state index in [1.165, 1.54) is 11.1 Å². The number of benzene rings is 2. The summed E-state index contributed by atoms with van der Waals surface area (Å²) < 4.78 is 0. The monoisotopic (exact) mass is 227 g/mol. The van der Waals surface area contributed by atoms with E-state index in [-0.39, 0.29) is 0 Å². The summed E-state index contributed by atoms with van der Waals surface area (Å²) in [6.45, 7) is 8.23. The molecule has 2 aromatic rings. The quantitative estimate of drug-likeness (QED) is 0.755. The molecule has 90 valence electrons. The predicted octanol–water partition coefficient (Wildman–Crippen LogP) is 5.07. The second-order valence-corrected chi connectivity index (χ2v) is 3.87. The first-order chi connectivity index (χ1) is 8.24. The lowest BCUT2D eigenvalue weighted by atomic mass is 10.1. The van der Waals surface area contributed by atoms with Gasteiger partial charge >= 0.3 is 0 Å². The SMILES string of the molecule is CC.Cc1cc(C)cc(Nc2ccccc2)c1. The average Bonchev–Trinajstić information content (AvgIpc) is 2.31. The summed E-state index contributed by atoms with van der Waals surface area (Å²) in [6, 6.07) is 16.7. The fraction of sp³-hybridized carbons (Fsp3) is 0.250. The van der Waals surface area contributed by atoms with Crippen LogP contribution in [0.3, 0.4) is 0 Å². The Labute approximate surface area is 105 Å². The Kier molecular flexibility index (Phi) is 5.28. The third-order valence-electron chi connectivity index (χ3n) is 2.28. The standard InChI is InChI=1S/C14H15N.C2H6/c1-11-8-12(2)10-14(9-11)15-13-6-4-3-5-7-13;1-2/h3-10,15H,1-2H3;1-2H3. The number of para-hydroxylation sites is 1. The van der Waals surface area contributed by atoms with E-state index in [0.29, 0.717) is 0 Å². The van der Waals surface area contributed by atoms with Crippen LogP contribution in [0.15, 0.2) is 48.5 Å². The van der Waals surface area contributed by atoms with Crippen LogP contribution in [-0.2, 0) is 0 Å². The molecule has 0 saturated heterocycles. The van der Waals surface area contributed by atoms with Crippen molar-refractivity contribution >= 4 is 11.4 Å². The largest absolute Gasteiger partial charge is 0.356 e. The Hall–Kier alpha value is -1.76. The van der Waals surface area contributed by atoms with Crippen molar-refractivity contribution in [2.75, 3.05) is 5.32 Å². The van der Waals surface area contributed by atoms with Crippen molar-refractivity contribution in [1.29, 1.82) is 0 Å². The maximum atomic E-state index is 3.39. The summed E-state index contributed by atoms with van der Waals surface area (Å²) in [5, 5.41) is 3.39. The van der Waals surface area contributed by atoms with Gasteiger partial charge < -0.3 is 5.32 Å². The van der Waals surface area contributed by atoms with E-state index >= 15 is 0 Å². The van der Waals surface area contributed by atoms with Crippen LogP contribution in [0, 0.1) is 13.8 Å². The topological polar surface area (TPSA) is 12.0 Å². The molecule has 1 nitrogen and oxygen atoms in total. The minimum absolute atomic E-state index is 1.13. The van der Waals surface area contributed by atoms with Crippen LogP contribution in [0.2, 0.25) is 0 Å². The molecule has 17 heavy (non-hydrogen) atoms. The predicted molar refractivity (Wildman–Crippen MR) is 77.0 cm³/mol. The second kappa shape index (κ2) is 6.74. The van der Waals surface area contributed by atoms with Gasteiger partial charge in [0.2, 0.25) is 0 Å². The number of rotatable bonds is 2. The van der Waals surface area contributed by atoms with Gasteiger partial charge in [0.15, 0.2) is 0 Å². The molecule has 0 aliphatic carbocycles. The number of nitrogens with one attached hydrogen (secondary N) is 1. The molecule has 2 aromatic carbocycles. The lowest BCUT2D eigenvalue weighted by Crippen LogP contribution is -1.91. The minimum atomic E-state index is 1.13. The number of hydrogen-bond donors (Lipinski definition) is 1.